The van der Waals surface area contributed by atoms with Crippen LogP contribution in [0.4, 0.5) is 0 Å². The molecule has 146 valence electrons. The lowest BCUT2D eigenvalue weighted by Gasteiger charge is -2.10. The molecular weight excluding hydrogens is 378 g/mol. The number of thiazole rings is 1. The molecule has 28 heavy (non-hydrogen) atoms. The van der Waals surface area contributed by atoms with Crippen molar-refractivity contribution >= 4 is 23.2 Å². The molecule has 2 N–H and O–H groups in total. The molecule has 1 amide bonds. The fraction of sp³-hybridized carbons (Fsp3) is 0.300. The number of benzene rings is 1. The molecule has 8 heteroatoms. The number of oxazole rings is 1. The Morgan fingerprint density at radius 3 is 2.71 bits per heavy atom. The van der Waals surface area contributed by atoms with E-state index in [1.165, 1.54) is 0 Å². The van der Waals surface area contributed by atoms with Gasteiger partial charge in [0.2, 0.25) is 5.91 Å². The maximum Gasteiger partial charge on any atom is 0.347 e. The van der Waals surface area contributed by atoms with E-state index in [1.807, 2.05) is 30.3 Å². The molecule has 2 heterocycles. The summed E-state index contributed by atoms with van der Waals surface area (Å²) >= 11 is 1.09. The first-order chi connectivity index (χ1) is 13.4. The zero-order valence-corrected chi connectivity index (χ0v) is 16.5. The minimum atomic E-state index is -0.999. The first-order valence-corrected chi connectivity index (χ1v) is 9.76. The van der Waals surface area contributed by atoms with Gasteiger partial charge in [0.25, 0.3) is 0 Å². The minimum absolute atomic E-state index is 0.118. The smallest absolute Gasteiger partial charge is 0.347 e. The van der Waals surface area contributed by atoms with Crippen LogP contribution in [-0.2, 0) is 11.2 Å². The van der Waals surface area contributed by atoms with Crippen LogP contribution in [0.2, 0.25) is 0 Å². The number of hydrogen-bond acceptors (Lipinski definition) is 6. The van der Waals surface area contributed by atoms with Crippen LogP contribution < -0.4 is 5.32 Å². The number of nitrogens with one attached hydrogen (secondary N) is 1. The quantitative estimate of drug-likeness (QED) is 0.593. The predicted molar refractivity (Wildman–Crippen MR) is 105 cm³/mol. The molecule has 1 atom stereocenters. The second-order valence-corrected chi connectivity index (χ2v) is 7.43. The number of hydrogen-bond donors (Lipinski definition) is 2. The van der Waals surface area contributed by atoms with Gasteiger partial charge in [-0.2, -0.15) is 0 Å². The number of nitrogens with zero attached hydrogens (tertiary/aromatic N) is 2. The van der Waals surface area contributed by atoms with Crippen LogP contribution in [-0.4, -0.2) is 27.0 Å². The number of carboxylic acids is 1. The van der Waals surface area contributed by atoms with E-state index in [4.69, 9.17) is 9.52 Å². The van der Waals surface area contributed by atoms with Crippen LogP contribution in [0.25, 0.3) is 11.3 Å². The fourth-order valence-corrected chi connectivity index (χ4v) is 3.65. The lowest BCUT2D eigenvalue weighted by Crippen LogP contribution is -2.26. The molecule has 1 unspecified atom stereocenters. The molecule has 0 aliphatic rings. The maximum absolute atomic E-state index is 12.2. The summed E-state index contributed by atoms with van der Waals surface area (Å²) in [6.45, 7) is 3.44. The summed E-state index contributed by atoms with van der Waals surface area (Å²) in [6.07, 6.45) is 3.18. The summed E-state index contributed by atoms with van der Waals surface area (Å²) in [5, 5.41) is 12.6. The summed E-state index contributed by atoms with van der Waals surface area (Å²) in [5.41, 5.74) is 1.43. The molecule has 2 aromatic heterocycles. The highest BCUT2D eigenvalue weighted by molar-refractivity contribution is 7.13. The third-order valence-electron chi connectivity index (χ3n) is 4.16. The first kappa shape index (κ1) is 19.8. The Morgan fingerprint density at radius 2 is 2.04 bits per heavy atom. The van der Waals surface area contributed by atoms with E-state index < -0.39 is 5.97 Å². The number of carbonyl (C=O) groups is 2. The summed E-state index contributed by atoms with van der Waals surface area (Å²) in [6, 6.07) is 9.38. The van der Waals surface area contributed by atoms with Crippen molar-refractivity contribution in [3.63, 3.8) is 0 Å². The van der Waals surface area contributed by atoms with Gasteiger partial charge in [0, 0.05) is 18.4 Å². The topological polar surface area (TPSA) is 105 Å². The number of aromatic carboxylic acids is 1. The van der Waals surface area contributed by atoms with Gasteiger partial charge in [-0.15, -0.1) is 11.3 Å². The van der Waals surface area contributed by atoms with Crippen molar-refractivity contribution in [2.24, 2.45) is 0 Å². The molecule has 3 rings (SSSR count). The Labute approximate surface area is 166 Å². The van der Waals surface area contributed by atoms with Gasteiger partial charge < -0.3 is 14.8 Å². The van der Waals surface area contributed by atoms with Gasteiger partial charge in [-0.25, -0.2) is 14.8 Å². The number of amides is 1. The Morgan fingerprint density at radius 1 is 1.29 bits per heavy atom. The van der Waals surface area contributed by atoms with E-state index in [0.29, 0.717) is 41.6 Å². The van der Waals surface area contributed by atoms with Gasteiger partial charge in [-0.05, 0) is 20.3 Å². The minimum Gasteiger partial charge on any atom is -0.477 e. The third-order valence-corrected chi connectivity index (χ3v) is 5.49. The SMILES string of the molecule is Cc1nc(C(C)NC(=O)CCCc2ncc(-c3ccccc3)o2)sc1C(=O)O. The normalized spacial score (nSPS) is 11.9. The second-order valence-electron chi connectivity index (χ2n) is 6.40. The number of carbonyl (C=O) groups excluding carboxylic acids is 1. The highest BCUT2D eigenvalue weighted by atomic mass is 32.1. The van der Waals surface area contributed by atoms with Crippen LogP contribution in [0.5, 0.6) is 0 Å². The van der Waals surface area contributed by atoms with E-state index in [-0.39, 0.29) is 16.8 Å². The molecule has 1 aromatic carbocycles. The molecule has 3 aromatic rings. The van der Waals surface area contributed by atoms with Crippen molar-refractivity contribution in [3.8, 4) is 11.3 Å². The van der Waals surface area contributed by atoms with E-state index in [2.05, 4.69) is 15.3 Å². The van der Waals surface area contributed by atoms with Gasteiger partial charge >= 0.3 is 5.97 Å². The van der Waals surface area contributed by atoms with Gasteiger partial charge in [0.15, 0.2) is 11.7 Å². The van der Waals surface area contributed by atoms with Gasteiger partial charge in [0.1, 0.15) is 9.88 Å². The Bertz CT molecular complexity index is 965. The molecule has 0 aliphatic carbocycles. The zero-order valence-electron chi connectivity index (χ0n) is 15.6. The van der Waals surface area contributed by atoms with Gasteiger partial charge in [-0.1, -0.05) is 30.3 Å². The molecule has 0 aliphatic heterocycles. The summed E-state index contributed by atoms with van der Waals surface area (Å²) in [7, 11) is 0. The van der Waals surface area contributed by atoms with Crippen LogP contribution in [0.15, 0.2) is 40.9 Å². The number of aromatic nitrogens is 2. The zero-order chi connectivity index (χ0) is 20.1. The fourth-order valence-electron chi connectivity index (χ4n) is 2.74. The standard InChI is InChI=1S/C20H21N3O4S/c1-12-18(20(25)26)28-19(23-12)13(2)22-16(24)9-6-10-17-21-11-15(27-17)14-7-4-3-5-8-14/h3-5,7-8,11,13H,6,9-10H2,1-2H3,(H,22,24)(H,25,26). The Hall–Kier alpha value is -3.00. The summed E-state index contributed by atoms with van der Waals surface area (Å²) in [4.78, 5) is 32.0. The van der Waals surface area contributed by atoms with Crippen molar-refractivity contribution < 1.29 is 19.1 Å². The van der Waals surface area contributed by atoms with E-state index in [1.54, 1.807) is 20.0 Å². The molecule has 0 spiro atoms. The lowest BCUT2D eigenvalue weighted by molar-refractivity contribution is -0.121. The van der Waals surface area contributed by atoms with E-state index in [0.717, 1.165) is 16.9 Å². The maximum atomic E-state index is 12.2. The molecular formula is C20H21N3O4S. The van der Waals surface area contributed by atoms with Crippen molar-refractivity contribution in [3.05, 3.63) is 58.0 Å². The second kappa shape index (κ2) is 8.79. The molecule has 0 saturated heterocycles. The van der Waals surface area contributed by atoms with Crippen LogP contribution in [0.1, 0.15) is 52.1 Å². The Kier molecular flexibility index (Phi) is 6.20. The lowest BCUT2D eigenvalue weighted by atomic mass is 10.2. The first-order valence-electron chi connectivity index (χ1n) is 8.94. The average Bonchev–Trinajstić information content (AvgIpc) is 3.29. The predicted octanol–water partition coefficient (Wildman–Crippen LogP) is 4.00. The summed E-state index contributed by atoms with van der Waals surface area (Å²) in [5.74, 6) is 0.191. The Balaban J connectivity index is 1.48. The van der Waals surface area contributed by atoms with Crippen LogP contribution in [0.3, 0.4) is 0 Å². The van der Waals surface area contributed by atoms with Gasteiger partial charge in [0.05, 0.1) is 17.9 Å². The molecule has 0 bridgehead atoms. The molecule has 0 fully saturated rings. The highest BCUT2D eigenvalue weighted by Gasteiger charge is 2.19. The highest BCUT2D eigenvalue weighted by Crippen LogP contribution is 2.24. The number of carboxylic acid groups (broad SMARTS) is 1. The van der Waals surface area contributed by atoms with Crippen molar-refractivity contribution in [2.45, 2.75) is 39.2 Å². The van der Waals surface area contributed by atoms with Crippen molar-refractivity contribution in [2.75, 3.05) is 0 Å². The van der Waals surface area contributed by atoms with Crippen LogP contribution in [0, 0.1) is 6.92 Å². The monoisotopic (exact) mass is 399 g/mol. The van der Waals surface area contributed by atoms with Crippen LogP contribution >= 0.6 is 11.3 Å². The van der Waals surface area contributed by atoms with Crippen molar-refractivity contribution in [1.29, 1.82) is 0 Å². The molecule has 0 saturated carbocycles. The van der Waals surface area contributed by atoms with Crippen molar-refractivity contribution in [1.82, 2.24) is 15.3 Å². The molecule has 7 nitrogen and oxygen atoms in total. The van der Waals surface area contributed by atoms with Gasteiger partial charge in [-0.3, -0.25) is 4.79 Å². The average molecular weight is 399 g/mol. The molecule has 0 radical (unpaired) electrons. The van der Waals surface area contributed by atoms with E-state index in [9.17, 15) is 9.59 Å². The number of aryl methyl sites for hydroxylation is 2. The van der Waals surface area contributed by atoms with E-state index >= 15 is 0 Å². The number of rotatable bonds is 8. The summed E-state index contributed by atoms with van der Waals surface area (Å²) < 4.78 is 5.73. The largest absolute Gasteiger partial charge is 0.477 e. The third kappa shape index (κ3) is 4.83.